The molecule has 0 aliphatic heterocycles. The van der Waals surface area contributed by atoms with Crippen molar-refractivity contribution in [1.82, 2.24) is 14.9 Å². The van der Waals surface area contributed by atoms with Crippen molar-refractivity contribution in [3.05, 3.63) is 53.9 Å². The summed E-state index contributed by atoms with van der Waals surface area (Å²) >= 11 is 0. The first kappa shape index (κ1) is 17.9. The first-order chi connectivity index (χ1) is 11.6. The lowest BCUT2D eigenvalue weighted by atomic mass is 10.1. The maximum atomic E-state index is 12.8. The largest absolute Gasteiger partial charge is 0.383 e. The minimum atomic E-state index is -0.0719. The van der Waals surface area contributed by atoms with E-state index in [2.05, 4.69) is 15.3 Å². The van der Waals surface area contributed by atoms with Crippen LogP contribution in [-0.2, 0) is 11.3 Å². The molecule has 0 radical (unpaired) electrons. The van der Waals surface area contributed by atoms with E-state index in [0.717, 1.165) is 5.56 Å². The lowest BCUT2D eigenvalue weighted by Crippen LogP contribution is -2.36. The van der Waals surface area contributed by atoms with Gasteiger partial charge in [0, 0.05) is 38.6 Å². The predicted molar refractivity (Wildman–Crippen MR) is 93.8 cm³/mol. The minimum Gasteiger partial charge on any atom is -0.383 e. The summed E-state index contributed by atoms with van der Waals surface area (Å²) < 4.78 is 4.96. The van der Waals surface area contributed by atoms with E-state index in [1.807, 2.05) is 49.1 Å². The summed E-state index contributed by atoms with van der Waals surface area (Å²) in [6.07, 6.45) is 3.12. The van der Waals surface area contributed by atoms with Crippen molar-refractivity contribution in [3.8, 4) is 0 Å². The minimum absolute atomic E-state index is 0.0719. The van der Waals surface area contributed by atoms with Gasteiger partial charge in [-0.2, -0.15) is 0 Å². The number of anilines is 1. The summed E-state index contributed by atoms with van der Waals surface area (Å²) in [5.74, 6) is 0.417. The molecule has 6 nitrogen and oxygen atoms in total. The fourth-order valence-corrected chi connectivity index (χ4v) is 2.23. The van der Waals surface area contributed by atoms with Crippen molar-refractivity contribution in [2.24, 2.45) is 0 Å². The Morgan fingerprint density at radius 1 is 1.21 bits per heavy atom. The van der Waals surface area contributed by atoms with Crippen LogP contribution in [0.25, 0.3) is 0 Å². The maximum Gasteiger partial charge on any atom is 0.257 e. The van der Waals surface area contributed by atoms with Crippen LogP contribution in [0.2, 0.25) is 0 Å². The van der Waals surface area contributed by atoms with Crippen molar-refractivity contribution in [3.63, 3.8) is 0 Å². The van der Waals surface area contributed by atoms with Crippen molar-refractivity contribution >= 4 is 11.9 Å². The molecule has 1 aromatic heterocycles. The Bertz CT molecular complexity index is 629. The van der Waals surface area contributed by atoms with Crippen LogP contribution in [0, 0.1) is 0 Å². The Balaban J connectivity index is 2.06. The lowest BCUT2D eigenvalue weighted by molar-refractivity contribution is 0.0689. The summed E-state index contributed by atoms with van der Waals surface area (Å²) in [7, 11) is 1.64. The summed E-state index contributed by atoms with van der Waals surface area (Å²) in [5, 5.41) is 3.03. The molecule has 0 spiro atoms. The smallest absolute Gasteiger partial charge is 0.257 e. The zero-order chi connectivity index (χ0) is 17.4. The number of carbonyl (C=O) groups excluding carboxylic acids is 1. The molecular weight excluding hydrogens is 304 g/mol. The number of benzene rings is 1. The number of amides is 1. The van der Waals surface area contributed by atoms with E-state index in [0.29, 0.717) is 31.2 Å². The van der Waals surface area contributed by atoms with Gasteiger partial charge in [0.1, 0.15) is 0 Å². The van der Waals surface area contributed by atoms with Gasteiger partial charge in [0.2, 0.25) is 5.95 Å². The van der Waals surface area contributed by atoms with E-state index >= 15 is 0 Å². The average Bonchev–Trinajstić information content (AvgIpc) is 2.60. The van der Waals surface area contributed by atoms with E-state index in [4.69, 9.17) is 4.74 Å². The second kappa shape index (κ2) is 8.98. The third-order valence-corrected chi connectivity index (χ3v) is 3.57. The first-order valence-corrected chi connectivity index (χ1v) is 8.01. The van der Waals surface area contributed by atoms with E-state index in [9.17, 15) is 4.79 Å². The highest BCUT2D eigenvalue weighted by Crippen LogP contribution is 2.13. The van der Waals surface area contributed by atoms with Crippen LogP contribution >= 0.6 is 0 Å². The van der Waals surface area contributed by atoms with Crippen molar-refractivity contribution in [2.75, 3.05) is 25.6 Å². The molecule has 24 heavy (non-hydrogen) atoms. The van der Waals surface area contributed by atoms with Gasteiger partial charge in [-0.05, 0) is 19.4 Å². The number of methoxy groups -OCH3 is 1. The number of nitrogens with zero attached hydrogens (tertiary/aromatic N) is 3. The Kier molecular flexibility index (Phi) is 6.69. The standard InChI is InChI=1S/C18H24N4O2/c1-14(2)22(13-15-7-5-4-6-8-15)17(23)16-11-20-18(21-12-16)19-9-10-24-3/h4-8,11-12,14H,9-10,13H2,1-3H3,(H,19,20,21). The topological polar surface area (TPSA) is 67.3 Å². The van der Waals surface area contributed by atoms with Crippen LogP contribution in [0.3, 0.4) is 0 Å². The summed E-state index contributed by atoms with van der Waals surface area (Å²) in [6, 6.07) is 10.0. The second-order valence-electron chi connectivity index (χ2n) is 5.73. The lowest BCUT2D eigenvalue weighted by Gasteiger charge is -2.26. The summed E-state index contributed by atoms with van der Waals surface area (Å²) in [4.78, 5) is 23.0. The number of rotatable bonds is 8. The Morgan fingerprint density at radius 2 is 1.88 bits per heavy atom. The molecule has 0 fully saturated rings. The van der Waals surface area contributed by atoms with Gasteiger partial charge in [0.15, 0.2) is 0 Å². The Hall–Kier alpha value is -2.47. The Labute approximate surface area is 142 Å². The molecule has 6 heteroatoms. The predicted octanol–water partition coefficient (Wildman–Crippen LogP) is 2.59. The Morgan fingerprint density at radius 3 is 2.46 bits per heavy atom. The molecule has 0 saturated carbocycles. The van der Waals surface area contributed by atoms with E-state index in [-0.39, 0.29) is 11.9 Å². The number of ether oxygens (including phenoxy) is 1. The van der Waals surface area contributed by atoms with Crippen LogP contribution < -0.4 is 5.32 Å². The van der Waals surface area contributed by atoms with Gasteiger partial charge < -0.3 is 15.0 Å². The van der Waals surface area contributed by atoms with Crippen LogP contribution in [0.4, 0.5) is 5.95 Å². The zero-order valence-electron chi connectivity index (χ0n) is 14.4. The molecule has 2 rings (SSSR count). The first-order valence-electron chi connectivity index (χ1n) is 8.01. The molecule has 128 valence electrons. The highest BCUT2D eigenvalue weighted by molar-refractivity contribution is 5.93. The normalized spacial score (nSPS) is 10.7. The van der Waals surface area contributed by atoms with Gasteiger partial charge in [-0.25, -0.2) is 9.97 Å². The van der Waals surface area contributed by atoms with Crippen LogP contribution in [-0.4, -0.2) is 47.1 Å². The van der Waals surface area contributed by atoms with E-state index < -0.39 is 0 Å². The number of nitrogens with one attached hydrogen (secondary N) is 1. The zero-order valence-corrected chi connectivity index (χ0v) is 14.4. The number of carbonyl (C=O) groups is 1. The van der Waals surface area contributed by atoms with Crippen molar-refractivity contribution in [2.45, 2.75) is 26.4 Å². The van der Waals surface area contributed by atoms with Crippen LogP contribution in [0.5, 0.6) is 0 Å². The second-order valence-corrected chi connectivity index (χ2v) is 5.73. The molecule has 0 aliphatic carbocycles. The number of aromatic nitrogens is 2. The molecule has 1 amide bonds. The van der Waals surface area contributed by atoms with Gasteiger partial charge >= 0.3 is 0 Å². The molecule has 0 atom stereocenters. The fourth-order valence-electron chi connectivity index (χ4n) is 2.23. The van der Waals surface area contributed by atoms with Gasteiger partial charge in [-0.15, -0.1) is 0 Å². The summed E-state index contributed by atoms with van der Waals surface area (Å²) in [6.45, 7) is 5.76. The molecule has 0 unspecified atom stereocenters. The van der Waals surface area contributed by atoms with Gasteiger partial charge in [-0.3, -0.25) is 4.79 Å². The quantitative estimate of drug-likeness (QED) is 0.755. The van der Waals surface area contributed by atoms with Gasteiger partial charge in [0.05, 0.1) is 12.2 Å². The van der Waals surface area contributed by atoms with Crippen LogP contribution in [0.1, 0.15) is 29.8 Å². The molecule has 1 N–H and O–H groups in total. The molecule has 1 aromatic carbocycles. The summed E-state index contributed by atoms with van der Waals surface area (Å²) in [5.41, 5.74) is 1.58. The maximum absolute atomic E-state index is 12.8. The number of hydrogen-bond acceptors (Lipinski definition) is 5. The molecule has 2 aromatic rings. The van der Waals surface area contributed by atoms with Gasteiger partial charge in [0.25, 0.3) is 5.91 Å². The van der Waals surface area contributed by atoms with E-state index in [1.54, 1.807) is 19.5 Å². The molecule has 0 bridgehead atoms. The molecule has 0 aliphatic rings. The van der Waals surface area contributed by atoms with Crippen molar-refractivity contribution < 1.29 is 9.53 Å². The molecule has 1 heterocycles. The van der Waals surface area contributed by atoms with Crippen LogP contribution in [0.15, 0.2) is 42.7 Å². The van der Waals surface area contributed by atoms with Crippen molar-refractivity contribution in [1.29, 1.82) is 0 Å². The van der Waals surface area contributed by atoms with Gasteiger partial charge in [-0.1, -0.05) is 30.3 Å². The van der Waals surface area contributed by atoms with E-state index in [1.165, 1.54) is 0 Å². The highest BCUT2D eigenvalue weighted by atomic mass is 16.5. The highest BCUT2D eigenvalue weighted by Gasteiger charge is 2.19. The average molecular weight is 328 g/mol. The third kappa shape index (κ3) is 5.03. The SMILES string of the molecule is COCCNc1ncc(C(=O)N(Cc2ccccc2)C(C)C)cn1. The molecule has 0 saturated heterocycles. The number of hydrogen-bond donors (Lipinski definition) is 1. The molecular formula is C18H24N4O2. The third-order valence-electron chi connectivity index (χ3n) is 3.57. The monoisotopic (exact) mass is 328 g/mol. The fraction of sp³-hybridized carbons (Fsp3) is 0.389.